The van der Waals surface area contributed by atoms with Crippen LogP contribution in [0.5, 0.6) is 5.75 Å². The molecule has 0 saturated heterocycles. The number of carbonyl (C=O) groups excluding carboxylic acids is 1. The van der Waals surface area contributed by atoms with E-state index in [4.69, 9.17) is 9.47 Å². The Morgan fingerprint density at radius 1 is 0.882 bits per heavy atom. The Morgan fingerprint density at radius 3 is 2.44 bits per heavy atom. The summed E-state index contributed by atoms with van der Waals surface area (Å²) in [5.74, 6) is 1.62. The Morgan fingerprint density at radius 2 is 1.65 bits per heavy atom. The van der Waals surface area contributed by atoms with Crippen molar-refractivity contribution in [2.24, 2.45) is 0 Å². The van der Waals surface area contributed by atoms with E-state index < -0.39 is 0 Å². The summed E-state index contributed by atoms with van der Waals surface area (Å²) in [6.07, 6.45) is 0.0105. The van der Waals surface area contributed by atoms with Gasteiger partial charge in [-0.15, -0.1) is 0 Å². The molecule has 4 heteroatoms. The highest BCUT2D eigenvalue weighted by atomic mass is 16.5. The number of nitrogens with one attached hydrogen (secondary N) is 1. The molecule has 0 aliphatic carbocycles. The van der Waals surface area contributed by atoms with Crippen LogP contribution in [0.4, 0.5) is 5.69 Å². The molecule has 4 aromatic rings. The Balaban J connectivity index is 1.53. The monoisotopic (exact) mass is 447 g/mol. The quantitative estimate of drug-likeness (QED) is 0.372. The summed E-state index contributed by atoms with van der Waals surface area (Å²) >= 11 is 0. The van der Waals surface area contributed by atoms with Gasteiger partial charge in [0.25, 0.3) is 0 Å². The maximum absolute atomic E-state index is 13.7. The van der Waals surface area contributed by atoms with E-state index in [1.807, 2.05) is 73.7 Å². The van der Waals surface area contributed by atoms with Crippen molar-refractivity contribution in [1.29, 1.82) is 0 Å². The third-order valence-electron chi connectivity index (χ3n) is 6.62. The molecule has 2 aliphatic rings. The summed E-state index contributed by atoms with van der Waals surface area (Å²) in [4.78, 5) is 13.7. The van der Waals surface area contributed by atoms with Gasteiger partial charge in [0.05, 0.1) is 24.6 Å². The molecule has 1 N–H and O–H groups in total. The highest BCUT2D eigenvalue weighted by molar-refractivity contribution is 6.11. The maximum atomic E-state index is 13.7. The van der Waals surface area contributed by atoms with Crippen molar-refractivity contribution in [3.63, 3.8) is 0 Å². The maximum Gasteiger partial charge on any atom is 0.169 e. The van der Waals surface area contributed by atoms with Crippen LogP contribution in [0.25, 0.3) is 16.5 Å². The summed E-state index contributed by atoms with van der Waals surface area (Å²) in [6.45, 7) is 2.58. The molecular weight excluding hydrogens is 422 g/mol. The number of carbonyl (C=O) groups is 1. The fourth-order valence-electron chi connectivity index (χ4n) is 5.03. The second-order valence-corrected chi connectivity index (χ2v) is 8.68. The standard InChI is InChI=1S/C30H25NO3/c1-2-33-22-15-12-21(13-16-22)29-28-25(32)18-26(20-9-4-3-5-10-20)34-30(28)27-23-11-7-6-8-19(23)14-17-24(27)31-29/h3-17,26,29,31H,2,18H2,1H3. The minimum atomic E-state index is -0.307. The van der Waals surface area contributed by atoms with Gasteiger partial charge in [-0.25, -0.2) is 0 Å². The first-order valence-corrected chi connectivity index (χ1v) is 11.7. The molecule has 2 aliphatic heterocycles. The predicted octanol–water partition coefficient (Wildman–Crippen LogP) is 6.85. The molecular formula is C30H25NO3. The number of hydrogen-bond acceptors (Lipinski definition) is 4. The van der Waals surface area contributed by atoms with Crippen LogP contribution in [0.3, 0.4) is 0 Å². The highest BCUT2D eigenvalue weighted by Gasteiger charge is 2.40. The third kappa shape index (κ3) is 3.43. The first kappa shape index (κ1) is 20.5. The molecule has 2 atom stereocenters. The molecule has 168 valence electrons. The lowest BCUT2D eigenvalue weighted by Crippen LogP contribution is -2.30. The van der Waals surface area contributed by atoms with Gasteiger partial charge in [-0.2, -0.15) is 0 Å². The zero-order chi connectivity index (χ0) is 23.1. The van der Waals surface area contributed by atoms with Crippen LogP contribution in [0.15, 0.2) is 96.6 Å². The first-order chi connectivity index (χ1) is 16.7. The van der Waals surface area contributed by atoms with Crippen molar-refractivity contribution in [3.05, 3.63) is 113 Å². The molecule has 0 amide bonds. The van der Waals surface area contributed by atoms with Gasteiger partial charge in [-0.05, 0) is 47.0 Å². The van der Waals surface area contributed by atoms with Crippen molar-refractivity contribution < 1.29 is 14.3 Å². The Hall–Kier alpha value is -4.05. The number of ether oxygens (including phenoxy) is 2. The second kappa shape index (κ2) is 8.38. The lowest BCUT2D eigenvalue weighted by molar-refractivity contribution is -0.119. The van der Waals surface area contributed by atoms with E-state index in [1.54, 1.807) is 0 Å². The van der Waals surface area contributed by atoms with Crippen molar-refractivity contribution in [3.8, 4) is 5.75 Å². The van der Waals surface area contributed by atoms with Crippen LogP contribution in [0.1, 0.15) is 42.2 Å². The molecule has 0 bridgehead atoms. The molecule has 2 heterocycles. The summed E-state index contributed by atoms with van der Waals surface area (Å²) < 4.78 is 12.3. The molecule has 0 radical (unpaired) electrons. The summed E-state index contributed by atoms with van der Waals surface area (Å²) in [5.41, 5.74) is 4.65. The van der Waals surface area contributed by atoms with E-state index >= 15 is 0 Å². The zero-order valence-electron chi connectivity index (χ0n) is 19.0. The van der Waals surface area contributed by atoms with E-state index in [2.05, 4.69) is 29.6 Å². The van der Waals surface area contributed by atoms with Crippen molar-refractivity contribution in [2.45, 2.75) is 25.5 Å². The molecule has 6 rings (SSSR count). The Bertz CT molecular complexity index is 1410. The average Bonchev–Trinajstić information content (AvgIpc) is 2.89. The number of fused-ring (bicyclic) bond motifs is 4. The van der Waals surface area contributed by atoms with Crippen molar-refractivity contribution >= 4 is 28.0 Å². The lowest BCUT2D eigenvalue weighted by atomic mass is 9.83. The number of Topliss-reactive ketones (excluding diaryl/α,β-unsaturated/α-hetero) is 1. The van der Waals surface area contributed by atoms with E-state index in [1.165, 1.54) is 0 Å². The number of anilines is 1. The minimum absolute atomic E-state index is 0.111. The van der Waals surface area contributed by atoms with Gasteiger partial charge in [0.1, 0.15) is 17.6 Å². The molecule has 4 aromatic carbocycles. The molecule has 34 heavy (non-hydrogen) atoms. The van der Waals surface area contributed by atoms with E-state index in [9.17, 15) is 4.79 Å². The minimum Gasteiger partial charge on any atom is -0.494 e. The SMILES string of the molecule is CCOc1ccc(C2Nc3ccc4ccccc4c3C3=C2C(=O)CC(c2ccccc2)O3)cc1. The van der Waals surface area contributed by atoms with Gasteiger partial charge in [-0.3, -0.25) is 4.79 Å². The van der Waals surface area contributed by atoms with Crippen molar-refractivity contribution in [1.82, 2.24) is 0 Å². The Labute approximate surface area is 198 Å². The largest absolute Gasteiger partial charge is 0.494 e. The van der Waals surface area contributed by atoms with Gasteiger partial charge >= 0.3 is 0 Å². The summed E-state index contributed by atoms with van der Waals surface area (Å²) in [5, 5.41) is 5.84. The highest BCUT2D eigenvalue weighted by Crippen LogP contribution is 2.49. The van der Waals surface area contributed by atoms with Gasteiger partial charge < -0.3 is 14.8 Å². The van der Waals surface area contributed by atoms with Crippen LogP contribution in [0, 0.1) is 0 Å². The molecule has 0 spiro atoms. The molecule has 0 fully saturated rings. The van der Waals surface area contributed by atoms with Crippen LogP contribution in [-0.4, -0.2) is 12.4 Å². The summed E-state index contributed by atoms with van der Waals surface area (Å²) in [6, 6.07) is 30.1. The van der Waals surface area contributed by atoms with E-state index in [-0.39, 0.29) is 17.9 Å². The predicted molar refractivity (Wildman–Crippen MR) is 135 cm³/mol. The third-order valence-corrected chi connectivity index (χ3v) is 6.62. The van der Waals surface area contributed by atoms with Gasteiger partial charge in [0, 0.05) is 11.3 Å². The van der Waals surface area contributed by atoms with Gasteiger partial charge in [-0.1, -0.05) is 72.8 Å². The van der Waals surface area contributed by atoms with Crippen LogP contribution in [-0.2, 0) is 9.53 Å². The average molecular weight is 448 g/mol. The molecule has 2 unspecified atom stereocenters. The fraction of sp³-hybridized carbons (Fsp3) is 0.167. The van der Waals surface area contributed by atoms with Crippen molar-refractivity contribution in [2.75, 3.05) is 11.9 Å². The number of benzene rings is 4. The molecule has 4 nitrogen and oxygen atoms in total. The number of ketones is 1. The van der Waals surface area contributed by atoms with Crippen LogP contribution >= 0.6 is 0 Å². The second-order valence-electron chi connectivity index (χ2n) is 8.68. The van der Waals surface area contributed by atoms with E-state index in [0.717, 1.165) is 38.9 Å². The lowest BCUT2D eigenvalue weighted by Gasteiger charge is -2.37. The van der Waals surface area contributed by atoms with E-state index in [0.29, 0.717) is 24.4 Å². The smallest absolute Gasteiger partial charge is 0.169 e. The molecule has 0 aromatic heterocycles. The van der Waals surface area contributed by atoms with Gasteiger partial charge in [0.15, 0.2) is 5.78 Å². The normalized spacial score (nSPS) is 19.1. The number of rotatable bonds is 4. The number of hydrogen-bond donors (Lipinski definition) is 1. The fourth-order valence-corrected chi connectivity index (χ4v) is 5.03. The zero-order valence-corrected chi connectivity index (χ0v) is 19.0. The van der Waals surface area contributed by atoms with Crippen LogP contribution < -0.4 is 10.1 Å². The molecule has 0 saturated carbocycles. The Kier molecular flexibility index (Phi) is 5.06. The van der Waals surface area contributed by atoms with Gasteiger partial charge in [0.2, 0.25) is 0 Å². The summed E-state index contributed by atoms with van der Waals surface area (Å²) in [7, 11) is 0. The topological polar surface area (TPSA) is 47.6 Å². The first-order valence-electron chi connectivity index (χ1n) is 11.7. The van der Waals surface area contributed by atoms with Crippen LogP contribution in [0.2, 0.25) is 0 Å².